The fourth-order valence-corrected chi connectivity index (χ4v) is 3.38. The van der Waals surface area contributed by atoms with Gasteiger partial charge in [-0.25, -0.2) is 4.79 Å². The summed E-state index contributed by atoms with van der Waals surface area (Å²) in [6.07, 6.45) is 8.77. The molecule has 2 fully saturated rings. The van der Waals surface area contributed by atoms with Gasteiger partial charge in [0, 0.05) is 18.6 Å². The van der Waals surface area contributed by atoms with Crippen molar-refractivity contribution in [3.05, 3.63) is 0 Å². The van der Waals surface area contributed by atoms with Crippen LogP contribution in [0.15, 0.2) is 0 Å². The quantitative estimate of drug-likeness (QED) is 0.845. The minimum Gasteiger partial charge on any atom is -0.444 e. The number of alkyl carbamates (subject to hydrolysis) is 1. The number of nitrogens with zero attached hydrogens (tertiary/aromatic N) is 1. The minimum absolute atomic E-state index is 0.250. The zero-order valence-electron chi connectivity index (χ0n) is 13.3. The highest BCUT2D eigenvalue weighted by molar-refractivity contribution is 5.68. The molecule has 1 saturated carbocycles. The number of carbonyl (C=O) groups excluding carboxylic acids is 1. The maximum absolute atomic E-state index is 11.9. The summed E-state index contributed by atoms with van der Waals surface area (Å²) in [5.41, 5.74) is -0.415. The van der Waals surface area contributed by atoms with Crippen LogP contribution in [0.2, 0.25) is 0 Å². The second kappa shape index (κ2) is 6.79. The fraction of sp³-hybridized carbons (Fsp3) is 0.938. The Kier molecular flexibility index (Phi) is 5.30. The molecule has 1 atom stereocenters. The molecule has 1 heterocycles. The Hall–Kier alpha value is -0.770. The molecule has 20 heavy (non-hydrogen) atoms. The van der Waals surface area contributed by atoms with Gasteiger partial charge in [-0.05, 0) is 53.0 Å². The van der Waals surface area contributed by atoms with E-state index in [4.69, 9.17) is 4.74 Å². The molecule has 1 unspecified atom stereocenters. The Labute approximate surface area is 123 Å². The number of hydrogen-bond acceptors (Lipinski definition) is 3. The summed E-state index contributed by atoms with van der Waals surface area (Å²) in [5.74, 6) is 0. The number of hydrogen-bond donors (Lipinski definition) is 1. The Bertz CT molecular complexity index is 319. The molecule has 116 valence electrons. The molecule has 1 saturated heterocycles. The Balaban J connectivity index is 1.79. The highest BCUT2D eigenvalue weighted by atomic mass is 16.6. The molecule has 1 N–H and O–H groups in total. The van der Waals surface area contributed by atoms with Crippen LogP contribution >= 0.6 is 0 Å². The van der Waals surface area contributed by atoms with E-state index >= 15 is 0 Å². The van der Waals surface area contributed by atoms with Gasteiger partial charge in [0.25, 0.3) is 0 Å². The van der Waals surface area contributed by atoms with Crippen molar-refractivity contribution in [3.8, 4) is 0 Å². The van der Waals surface area contributed by atoms with Gasteiger partial charge >= 0.3 is 6.09 Å². The molecule has 0 bridgehead atoms. The van der Waals surface area contributed by atoms with Crippen LogP contribution < -0.4 is 5.32 Å². The summed E-state index contributed by atoms with van der Waals surface area (Å²) in [6, 6.07) is 0.993. The van der Waals surface area contributed by atoms with Gasteiger partial charge in [0.2, 0.25) is 0 Å². The number of carbonyl (C=O) groups is 1. The first kappa shape index (κ1) is 15.6. The van der Waals surface area contributed by atoms with E-state index < -0.39 is 5.60 Å². The monoisotopic (exact) mass is 282 g/mol. The van der Waals surface area contributed by atoms with E-state index in [1.807, 2.05) is 20.8 Å². The van der Waals surface area contributed by atoms with E-state index in [1.54, 1.807) is 0 Å². The average Bonchev–Trinajstić information content (AvgIpc) is 2.38. The molecule has 0 radical (unpaired) electrons. The normalized spacial score (nSPS) is 26.2. The molecule has 4 nitrogen and oxygen atoms in total. The van der Waals surface area contributed by atoms with E-state index in [2.05, 4.69) is 10.2 Å². The Morgan fingerprint density at radius 3 is 2.45 bits per heavy atom. The fourth-order valence-electron chi connectivity index (χ4n) is 3.38. The van der Waals surface area contributed by atoms with Gasteiger partial charge < -0.3 is 10.1 Å². The lowest BCUT2D eigenvalue weighted by Gasteiger charge is -2.40. The van der Waals surface area contributed by atoms with Crippen LogP contribution in [0.3, 0.4) is 0 Å². The largest absolute Gasteiger partial charge is 0.444 e. The molecule has 1 aliphatic carbocycles. The van der Waals surface area contributed by atoms with E-state index in [0.29, 0.717) is 0 Å². The molecule has 1 aliphatic heterocycles. The first-order valence-corrected chi connectivity index (χ1v) is 8.17. The van der Waals surface area contributed by atoms with E-state index in [-0.39, 0.29) is 12.1 Å². The van der Waals surface area contributed by atoms with Gasteiger partial charge in [-0.1, -0.05) is 19.3 Å². The smallest absolute Gasteiger partial charge is 0.407 e. The lowest BCUT2D eigenvalue weighted by Crippen LogP contribution is -2.52. The van der Waals surface area contributed by atoms with Gasteiger partial charge in [-0.3, -0.25) is 4.90 Å². The minimum atomic E-state index is -0.415. The van der Waals surface area contributed by atoms with Crippen LogP contribution in [-0.4, -0.2) is 41.8 Å². The molecular formula is C16H30N2O2. The van der Waals surface area contributed by atoms with Gasteiger partial charge in [-0.2, -0.15) is 0 Å². The van der Waals surface area contributed by atoms with Crippen molar-refractivity contribution in [2.24, 2.45) is 0 Å². The second-order valence-corrected chi connectivity index (χ2v) is 7.27. The predicted octanol–water partition coefficient (Wildman–Crippen LogP) is 3.31. The number of rotatable bonds is 2. The van der Waals surface area contributed by atoms with E-state index in [9.17, 15) is 4.79 Å². The Morgan fingerprint density at radius 1 is 1.10 bits per heavy atom. The van der Waals surface area contributed by atoms with Crippen LogP contribution in [0.25, 0.3) is 0 Å². The zero-order valence-corrected chi connectivity index (χ0v) is 13.3. The molecular weight excluding hydrogens is 252 g/mol. The number of piperidine rings is 1. The first-order valence-electron chi connectivity index (χ1n) is 8.17. The number of nitrogens with one attached hydrogen (secondary N) is 1. The van der Waals surface area contributed by atoms with E-state index in [0.717, 1.165) is 19.0 Å². The first-order chi connectivity index (χ1) is 9.44. The van der Waals surface area contributed by atoms with Gasteiger partial charge in [0.1, 0.15) is 5.60 Å². The molecule has 2 rings (SSSR count). The lowest BCUT2D eigenvalue weighted by atomic mass is 9.92. The van der Waals surface area contributed by atoms with Crippen LogP contribution in [-0.2, 0) is 4.74 Å². The van der Waals surface area contributed by atoms with Crippen LogP contribution in [0.5, 0.6) is 0 Å². The maximum atomic E-state index is 11.9. The van der Waals surface area contributed by atoms with Gasteiger partial charge in [0.05, 0.1) is 0 Å². The third kappa shape index (κ3) is 4.97. The molecule has 0 spiro atoms. The standard InChI is InChI=1S/C16H30N2O2/c1-16(2,3)20-15(19)17-13-8-7-11-18(12-13)14-9-5-4-6-10-14/h13-14H,4-12H2,1-3H3,(H,17,19). The summed E-state index contributed by atoms with van der Waals surface area (Å²) in [4.78, 5) is 14.4. The van der Waals surface area contributed by atoms with Crippen molar-refractivity contribution in [3.63, 3.8) is 0 Å². The van der Waals surface area contributed by atoms with Crippen LogP contribution in [0, 0.1) is 0 Å². The number of amides is 1. The number of ether oxygens (including phenoxy) is 1. The van der Waals surface area contributed by atoms with Gasteiger partial charge in [-0.15, -0.1) is 0 Å². The summed E-state index contributed by atoms with van der Waals surface area (Å²) >= 11 is 0. The molecule has 0 aromatic carbocycles. The predicted molar refractivity (Wildman–Crippen MR) is 80.8 cm³/mol. The van der Waals surface area contributed by atoms with E-state index in [1.165, 1.54) is 45.1 Å². The summed E-state index contributed by atoms with van der Waals surface area (Å²) in [5, 5.41) is 3.04. The van der Waals surface area contributed by atoms with Gasteiger partial charge in [0.15, 0.2) is 0 Å². The van der Waals surface area contributed by atoms with Crippen molar-refractivity contribution in [1.29, 1.82) is 0 Å². The lowest BCUT2D eigenvalue weighted by molar-refractivity contribution is 0.0442. The highest BCUT2D eigenvalue weighted by Gasteiger charge is 2.28. The molecule has 0 aromatic rings. The van der Waals surface area contributed by atoms with Crippen LogP contribution in [0.4, 0.5) is 4.79 Å². The van der Waals surface area contributed by atoms with Crippen molar-refractivity contribution < 1.29 is 9.53 Å². The summed E-state index contributed by atoms with van der Waals surface area (Å²) in [7, 11) is 0. The molecule has 0 aromatic heterocycles. The van der Waals surface area contributed by atoms with Crippen molar-refractivity contribution in [1.82, 2.24) is 10.2 Å². The second-order valence-electron chi connectivity index (χ2n) is 7.27. The third-order valence-electron chi connectivity index (χ3n) is 4.26. The molecule has 4 heteroatoms. The Morgan fingerprint density at radius 2 is 1.80 bits per heavy atom. The average molecular weight is 282 g/mol. The summed E-state index contributed by atoms with van der Waals surface area (Å²) in [6.45, 7) is 7.90. The molecule has 2 aliphatic rings. The molecule has 1 amide bonds. The summed E-state index contributed by atoms with van der Waals surface area (Å²) < 4.78 is 5.35. The zero-order chi connectivity index (χ0) is 14.6. The highest BCUT2D eigenvalue weighted by Crippen LogP contribution is 2.25. The topological polar surface area (TPSA) is 41.6 Å². The maximum Gasteiger partial charge on any atom is 0.407 e. The third-order valence-corrected chi connectivity index (χ3v) is 4.26. The number of likely N-dealkylation sites (tertiary alicyclic amines) is 1. The van der Waals surface area contributed by atoms with Crippen molar-refractivity contribution in [2.75, 3.05) is 13.1 Å². The SMILES string of the molecule is CC(C)(C)OC(=O)NC1CCCN(C2CCCCC2)C1. The van der Waals surface area contributed by atoms with Crippen molar-refractivity contribution >= 4 is 6.09 Å². The van der Waals surface area contributed by atoms with Crippen LogP contribution in [0.1, 0.15) is 65.7 Å². The van der Waals surface area contributed by atoms with Crippen molar-refractivity contribution in [2.45, 2.75) is 83.4 Å².